The van der Waals surface area contributed by atoms with Crippen LogP contribution in [0.5, 0.6) is 5.75 Å². The number of esters is 2. The lowest BCUT2D eigenvalue weighted by molar-refractivity contribution is -0.248. The maximum Gasteiger partial charge on any atom is 0.432 e. The molecular weight excluding hydrogens is 848 g/mol. The fraction of sp³-hybridized carbons (Fsp3) is 0.158. The fourth-order valence-corrected chi connectivity index (χ4v) is 5.58. The first-order chi connectivity index (χ1) is 15.9. The summed E-state index contributed by atoms with van der Waals surface area (Å²) in [4.78, 5) is 25.2. The maximum atomic E-state index is 13.8. The molecule has 0 saturated carbocycles. The topological polar surface area (TPSA) is 110 Å². The highest BCUT2D eigenvalue weighted by atomic mass is 127. The van der Waals surface area contributed by atoms with E-state index in [4.69, 9.17) is 4.74 Å². The molecule has 0 aromatic heterocycles. The van der Waals surface area contributed by atoms with Crippen molar-refractivity contribution >= 4 is 95.9 Å². The number of alkyl halides is 5. The molecule has 0 heterocycles. The zero-order chi connectivity index (χ0) is 26.9. The summed E-state index contributed by atoms with van der Waals surface area (Å²) in [7, 11) is -6.89. The Morgan fingerprint density at radius 2 is 1.51 bits per heavy atom. The van der Waals surface area contributed by atoms with Gasteiger partial charge in [-0.2, -0.15) is 22.0 Å². The number of benzene rings is 2. The molecule has 0 radical (unpaired) electrons. The van der Waals surface area contributed by atoms with E-state index in [-0.39, 0.29) is 14.7 Å². The smallest absolute Gasteiger partial charge is 0.432 e. The molecule has 1 unspecified atom stereocenters. The lowest BCUT2D eigenvalue weighted by Gasteiger charge is -2.29. The van der Waals surface area contributed by atoms with Crippen LogP contribution in [-0.2, 0) is 14.9 Å². The van der Waals surface area contributed by atoms with Crippen LogP contribution in [0.3, 0.4) is 0 Å². The second-order valence-corrected chi connectivity index (χ2v) is 11.6. The van der Waals surface area contributed by atoms with Crippen molar-refractivity contribution in [3.63, 3.8) is 0 Å². The van der Waals surface area contributed by atoms with Crippen LogP contribution in [0.2, 0.25) is 0 Å². The minimum absolute atomic E-state index is 0.00126. The average molecular weight is 857 g/mol. The Bertz CT molecular complexity index is 1280. The summed E-state index contributed by atoms with van der Waals surface area (Å²) in [5.41, 5.74) is -0.827. The Kier molecular flexibility index (Phi) is 9.54. The van der Waals surface area contributed by atoms with E-state index in [9.17, 15) is 44.5 Å². The molecule has 2 aromatic carbocycles. The van der Waals surface area contributed by atoms with Crippen LogP contribution in [0, 0.1) is 10.7 Å². The molecule has 0 aliphatic carbocycles. The third-order valence-electron chi connectivity index (χ3n) is 3.98. The largest absolute Gasteiger partial charge is 0.743 e. The maximum absolute atomic E-state index is 13.8. The summed E-state index contributed by atoms with van der Waals surface area (Å²) in [6.45, 7) is 3.42. The van der Waals surface area contributed by atoms with Crippen molar-refractivity contribution in [1.82, 2.24) is 0 Å². The van der Waals surface area contributed by atoms with E-state index in [0.29, 0.717) is 7.14 Å². The quantitative estimate of drug-likeness (QED) is 0.118. The molecule has 16 heteroatoms. The average Bonchev–Trinajstić information content (AvgIpc) is 2.70. The molecule has 0 amide bonds. The number of hydrogen-bond acceptors (Lipinski definition) is 7. The van der Waals surface area contributed by atoms with Crippen molar-refractivity contribution in [2.24, 2.45) is 0 Å². The Labute approximate surface area is 235 Å². The molecule has 190 valence electrons. The van der Waals surface area contributed by atoms with Gasteiger partial charge in [-0.3, -0.25) is 0 Å². The zero-order valence-electron chi connectivity index (χ0n) is 16.5. The third-order valence-corrected chi connectivity index (χ3v) is 6.90. The van der Waals surface area contributed by atoms with E-state index in [1.807, 2.05) is 45.2 Å². The van der Waals surface area contributed by atoms with Gasteiger partial charge in [-0.25, -0.2) is 18.0 Å². The van der Waals surface area contributed by atoms with Crippen LogP contribution in [-0.4, -0.2) is 42.4 Å². The van der Waals surface area contributed by atoms with Gasteiger partial charge in [0.05, 0.1) is 9.13 Å². The molecule has 1 atom stereocenters. The molecule has 0 saturated heterocycles. The Morgan fingerprint density at radius 1 is 0.971 bits per heavy atom. The molecule has 0 aliphatic rings. The lowest BCUT2D eigenvalue weighted by atomic mass is 10.1. The van der Waals surface area contributed by atoms with Crippen molar-refractivity contribution in [3.05, 3.63) is 64.3 Å². The van der Waals surface area contributed by atoms with Gasteiger partial charge in [0.15, 0.2) is 15.9 Å². The van der Waals surface area contributed by atoms with Gasteiger partial charge in [0.25, 0.3) is 6.10 Å². The van der Waals surface area contributed by atoms with Crippen molar-refractivity contribution in [2.45, 2.75) is 17.5 Å². The van der Waals surface area contributed by atoms with Gasteiger partial charge in [0.2, 0.25) is 0 Å². The fourth-order valence-electron chi connectivity index (χ4n) is 2.44. The highest BCUT2D eigenvalue weighted by Crippen LogP contribution is 2.39. The second-order valence-electron chi connectivity index (χ2n) is 6.47. The predicted octanol–water partition coefficient (Wildman–Crippen LogP) is 5.59. The Balaban J connectivity index is 2.57. The zero-order valence-corrected chi connectivity index (χ0v) is 23.8. The third kappa shape index (κ3) is 7.22. The van der Waals surface area contributed by atoms with E-state index >= 15 is 0 Å². The highest BCUT2D eigenvalue weighted by Gasteiger charge is 2.63. The number of halogens is 8. The lowest BCUT2D eigenvalue weighted by Crippen LogP contribution is -2.52. The molecule has 0 spiro atoms. The monoisotopic (exact) mass is 857 g/mol. The number of hydrogen-bond donors (Lipinski definition) is 0. The first-order valence-corrected chi connectivity index (χ1v) is 13.3. The minimum atomic E-state index is -6.89. The minimum Gasteiger partial charge on any atom is -0.743 e. The van der Waals surface area contributed by atoms with E-state index in [1.54, 1.807) is 28.7 Å². The van der Waals surface area contributed by atoms with Crippen LogP contribution in [0.1, 0.15) is 26.3 Å². The Morgan fingerprint density at radius 3 is 1.97 bits per heavy atom. The van der Waals surface area contributed by atoms with Crippen molar-refractivity contribution < 1.29 is 54.0 Å². The van der Waals surface area contributed by atoms with Crippen molar-refractivity contribution in [1.29, 1.82) is 0 Å². The van der Waals surface area contributed by atoms with Gasteiger partial charge in [0.1, 0.15) is 5.56 Å². The van der Waals surface area contributed by atoms with Gasteiger partial charge < -0.3 is 14.0 Å². The first-order valence-electron chi connectivity index (χ1n) is 8.63. The van der Waals surface area contributed by atoms with E-state index in [2.05, 4.69) is 11.3 Å². The van der Waals surface area contributed by atoms with Gasteiger partial charge >= 0.3 is 23.4 Å². The van der Waals surface area contributed by atoms with Gasteiger partial charge in [-0.15, -0.1) is 0 Å². The normalized spacial score (nSPS) is 13.2. The molecular formula is C19H9F5I3O7S-. The standard InChI is InChI=1S/C19H10F5I3O7S/c1-2-8-3-12(16(29)34-17(18(20,21)22)19(23,24)35(30,31)32)14(13(27)4-8)33-15(28)9-5-10(25)7-11(26)6-9/h2-7,17H,1H2,(H,30,31,32)/p-1. The summed E-state index contributed by atoms with van der Waals surface area (Å²) < 4.78 is 110. The van der Waals surface area contributed by atoms with E-state index < -0.39 is 50.9 Å². The van der Waals surface area contributed by atoms with Crippen LogP contribution in [0.4, 0.5) is 22.0 Å². The summed E-state index contributed by atoms with van der Waals surface area (Å²) in [5.74, 6) is -3.81. The number of carbonyl (C=O) groups excluding carboxylic acids is 2. The summed E-state index contributed by atoms with van der Waals surface area (Å²) >= 11 is 5.38. The Hall–Kier alpha value is -1.13. The van der Waals surface area contributed by atoms with Gasteiger partial charge in [0, 0.05) is 7.14 Å². The molecule has 0 fully saturated rings. The predicted molar refractivity (Wildman–Crippen MR) is 136 cm³/mol. The van der Waals surface area contributed by atoms with E-state index in [0.717, 1.165) is 12.1 Å². The highest BCUT2D eigenvalue weighted by molar-refractivity contribution is 14.1. The molecule has 0 bridgehead atoms. The van der Waals surface area contributed by atoms with Crippen LogP contribution >= 0.6 is 67.8 Å². The van der Waals surface area contributed by atoms with Crippen LogP contribution in [0.25, 0.3) is 6.08 Å². The number of rotatable bonds is 7. The summed E-state index contributed by atoms with van der Waals surface area (Å²) in [6.07, 6.45) is -9.63. The van der Waals surface area contributed by atoms with Crippen LogP contribution in [0.15, 0.2) is 36.9 Å². The second kappa shape index (κ2) is 11.1. The molecule has 35 heavy (non-hydrogen) atoms. The summed E-state index contributed by atoms with van der Waals surface area (Å²) in [6, 6.07) is 6.67. The molecule has 2 aromatic rings. The summed E-state index contributed by atoms with van der Waals surface area (Å²) in [5, 5.41) is -6.04. The van der Waals surface area contributed by atoms with E-state index in [1.165, 1.54) is 18.2 Å². The molecule has 0 N–H and O–H groups in total. The number of ether oxygens (including phenoxy) is 2. The van der Waals surface area contributed by atoms with Gasteiger partial charge in [-0.05, 0) is 104 Å². The molecule has 7 nitrogen and oxygen atoms in total. The SMILES string of the molecule is C=Cc1cc(I)c(OC(=O)c2cc(I)cc(I)c2)c(C(=O)OC(C(F)(F)F)C(F)(F)S(=O)(=O)[O-])c1. The molecule has 0 aliphatic heterocycles. The van der Waals surface area contributed by atoms with Crippen molar-refractivity contribution in [3.8, 4) is 5.75 Å². The van der Waals surface area contributed by atoms with Crippen LogP contribution < -0.4 is 4.74 Å². The number of carbonyl (C=O) groups is 2. The van der Waals surface area contributed by atoms with Gasteiger partial charge in [-0.1, -0.05) is 12.7 Å². The first kappa shape index (κ1) is 30.1. The molecule has 2 rings (SSSR count). The van der Waals surface area contributed by atoms with Crippen molar-refractivity contribution in [2.75, 3.05) is 0 Å².